The predicted molar refractivity (Wildman–Crippen MR) is 142 cm³/mol. The van der Waals surface area contributed by atoms with Crippen molar-refractivity contribution < 1.29 is 34.1 Å². The molecule has 1 aromatic rings. The SMILES string of the molecule is COc1cc(C=O)cc(I)c1O[C@H]1C=C(C(=O)NCCO)C[C@@H](N(CCC(C)C)C(=O)C2CC2)[C@@H]1O. The van der Waals surface area contributed by atoms with Gasteiger partial charge < -0.3 is 29.9 Å². The Labute approximate surface area is 225 Å². The first-order valence-electron chi connectivity index (χ1n) is 12.3. The van der Waals surface area contributed by atoms with E-state index in [1.54, 1.807) is 23.1 Å². The second-order valence-corrected chi connectivity index (χ2v) is 10.8. The Balaban J connectivity index is 1.98. The third kappa shape index (κ3) is 6.98. The summed E-state index contributed by atoms with van der Waals surface area (Å²) in [6, 6.07) is 2.53. The van der Waals surface area contributed by atoms with Crippen molar-refractivity contribution in [2.75, 3.05) is 26.8 Å². The number of aliphatic hydroxyl groups excluding tert-OH is 2. The monoisotopic (exact) mass is 614 g/mol. The van der Waals surface area contributed by atoms with Gasteiger partial charge in [0.25, 0.3) is 0 Å². The van der Waals surface area contributed by atoms with Crippen molar-refractivity contribution in [1.82, 2.24) is 10.2 Å². The van der Waals surface area contributed by atoms with Gasteiger partial charge in [-0.3, -0.25) is 14.4 Å². The minimum atomic E-state index is -1.10. The average molecular weight is 614 g/mol. The van der Waals surface area contributed by atoms with Crippen molar-refractivity contribution in [3.63, 3.8) is 0 Å². The first kappa shape index (κ1) is 28.4. The molecule has 0 spiro atoms. The lowest BCUT2D eigenvalue weighted by molar-refractivity contribution is -0.140. The average Bonchev–Trinajstić information content (AvgIpc) is 3.70. The van der Waals surface area contributed by atoms with Gasteiger partial charge in [0.05, 0.1) is 23.3 Å². The summed E-state index contributed by atoms with van der Waals surface area (Å²) in [4.78, 5) is 39.2. The number of methoxy groups -OCH3 is 1. The van der Waals surface area contributed by atoms with Crippen molar-refractivity contribution in [3.8, 4) is 11.5 Å². The number of ether oxygens (including phenoxy) is 2. The summed E-state index contributed by atoms with van der Waals surface area (Å²) in [6.45, 7) is 4.51. The van der Waals surface area contributed by atoms with Gasteiger partial charge in [0.1, 0.15) is 18.5 Å². The highest BCUT2D eigenvalue weighted by Crippen LogP contribution is 2.38. The van der Waals surface area contributed by atoms with E-state index in [1.165, 1.54) is 7.11 Å². The second-order valence-electron chi connectivity index (χ2n) is 9.66. The maximum absolute atomic E-state index is 13.3. The molecule has 36 heavy (non-hydrogen) atoms. The zero-order chi connectivity index (χ0) is 26.4. The van der Waals surface area contributed by atoms with Gasteiger partial charge in [-0.1, -0.05) is 13.8 Å². The van der Waals surface area contributed by atoms with Crippen LogP contribution in [0, 0.1) is 15.4 Å². The Bertz CT molecular complexity index is 993. The Kier molecular flexibility index (Phi) is 10.1. The van der Waals surface area contributed by atoms with Crippen molar-refractivity contribution in [1.29, 1.82) is 0 Å². The van der Waals surface area contributed by atoms with E-state index in [1.807, 2.05) is 22.6 Å². The maximum atomic E-state index is 13.3. The topological polar surface area (TPSA) is 125 Å². The molecule has 1 aromatic carbocycles. The number of amides is 2. The molecule has 9 nitrogen and oxygen atoms in total. The summed E-state index contributed by atoms with van der Waals surface area (Å²) in [5, 5.41) is 23.3. The number of benzene rings is 1. The van der Waals surface area contributed by atoms with Crippen molar-refractivity contribution in [2.45, 2.75) is 57.8 Å². The molecular weight excluding hydrogens is 579 g/mol. The lowest BCUT2D eigenvalue weighted by Gasteiger charge is -2.41. The Morgan fingerprint density at radius 1 is 1.31 bits per heavy atom. The lowest BCUT2D eigenvalue weighted by atomic mass is 9.87. The molecule has 1 saturated carbocycles. The normalized spacial score (nSPS) is 21.5. The highest BCUT2D eigenvalue weighted by atomic mass is 127. The number of hydrogen-bond donors (Lipinski definition) is 3. The van der Waals surface area contributed by atoms with Crippen LogP contribution in [0.3, 0.4) is 0 Å². The fourth-order valence-corrected chi connectivity index (χ4v) is 4.99. The summed E-state index contributed by atoms with van der Waals surface area (Å²) in [6.07, 6.45) is 2.83. The minimum absolute atomic E-state index is 0.00189. The summed E-state index contributed by atoms with van der Waals surface area (Å²) >= 11 is 2.03. The number of aldehydes is 1. The smallest absolute Gasteiger partial charge is 0.247 e. The number of carbonyl (C=O) groups is 3. The molecule has 0 heterocycles. The quantitative estimate of drug-likeness (QED) is 0.244. The number of hydrogen-bond acceptors (Lipinski definition) is 7. The van der Waals surface area contributed by atoms with Crippen LogP contribution in [0.5, 0.6) is 11.5 Å². The van der Waals surface area contributed by atoms with Gasteiger partial charge in [0.2, 0.25) is 11.8 Å². The molecule has 1 fully saturated rings. The molecule has 0 radical (unpaired) electrons. The van der Waals surface area contributed by atoms with E-state index in [0.29, 0.717) is 45.0 Å². The lowest BCUT2D eigenvalue weighted by Crippen LogP contribution is -2.55. The molecule has 3 atom stereocenters. The Morgan fingerprint density at radius 2 is 2.03 bits per heavy atom. The first-order chi connectivity index (χ1) is 17.2. The van der Waals surface area contributed by atoms with E-state index in [4.69, 9.17) is 14.6 Å². The molecule has 2 aliphatic carbocycles. The molecule has 2 amide bonds. The van der Waals surface area contributed by atoms with Gasteiger partial charge in [-0.25, -0.2) is 0 Å². The van der Waals surface area contributed by atoms with Crippen LogP contribution in [-0.4, -0.2) is 78.3 Å². The molecule has 0 aliphatic heterocycles. The molecule has 0 saturated heterocycles. The highest BCUT2D eigenvalue weighted by Gasteiger charge is 2.44. The van der Waals surface area contributed by atoms with E-state index in [-0.39, 0.29) is 37.3 Å². The molecule has 0 aromatic heterocycles. The molecule has 3 rings (SSSR count). The first-order valence-corrected chi connectivity index (χ1v) is 13.4. The van der Waals surface area contributed by atoms with Crippen molar-refractivity contribution >= 4 is 40.7 Å². The van der Waals surface area contributed by atoms with E-state index in [2.05, 4.69) is 19.2 Å². The standard InChI is InChI=1S/C26H35IN2O7/c1-15(2)6-8-29(26(34)17-4-5-17)20-12-18(25(33)28-7-9-30)13-21(23(20)32)36-24-19(27)10-16(14-31)11-22(24)35-3/h10-11,13-15,17,20-21,23,30,32H,4-9,12H2,1-3H3,(H,28,33)/t20-,21+,23+/m1/s1. The van der Waals surface area contributed by atoms with Crippen molar-refractivity contribution in [2.24, 2.45) is 11.8 Å². The summed E-state index contributed by atoms with van der Waals surface area (Å²) < 4.78 is 12.3. The fourth-order valence-electron chi connectivity index (χ4n) is 4.24. The van der Waals surface area contributed by atoms with Gasteiger partial charge in [0, 0.05) is 36.6 Å². The second kappa shape index (κ2) is 12.9. The van der Waals surface area contributed by atoms with E-state index >= 15 is 0 Å². The zero-order valence-electron chi connectivity index (χ0n) is 20.9. The minimum Gasteiger partial charge on any atom is -0.493 e. The number of aliphatic hydroxyl groups is 2. The van der Waals surface area contributed by atoms with Gasteiger partial charge in [-0.15, -0.1) is 0 Å². The van der Waals surface area contributed by atoms with Crippen LogP contribution in [0.25, 0.3) is 0 Å². The van der Waals surface area contributed by atoms with Crippen LogP contribution >= 0.6 is 22.6 Å². The van der Waals surface area contributed by atoms with Crippen LogP contribution in [-0.2, 0) is 9.59 Å². The summed E-state index contributed by atoms with van der Waals surface area (Å²) in [7, 11) is 1.46. The largest absolute Gasteiger partial charge is 0.493 e. The number of nitrogens with zero attached hydrogens (tertiary/aromatic N) is 1. The summed E-state index contributed by atoms with van der Waals surface area (Å²) in [5.41, 5.74) is 0.792. The number of halogens is 1. The van der Waals surface area contributed by atoms with Gasteiger partial charge in [-0.2, -0.15) is 0 Å². The van der Waals surface area contributed by atoms with Crippen LogP contribution < -0.4 is 14.8 Å². The number of carbonyl (C=O) groups excluding carboxylic acids is 3. The van der Waals surface area contributed by atoms with Gasteiger partial charge in [0.15, 0.2) is 11.5 Å². The third-order valence-electron chi connectivity index (χ3n) is 6.41. The van der Waals surface area contributed by atoms with E-state index < -0.39 is 18.2 Å². The van der Waals surface area contributed by atoms with Crippen LogP contribution in [0.1, 0.15) is 49.9 Å². The number of nitrogens with one attached hydrogen (secondary N) is 1. The Morgan fingerprint density at radius 3 is 2.61 bits per heavy atom. The van der Waals surface area contributed by atoms with E-state index in [9.17, 15) is 19.5 Å². The molecule has 0 unspecified atom stereocenters. The molecule has 10 heteroatoms. The van der Waals surface area contributed by atoms with Crippen LogP contribution in [0.2, 0.25) is 0 Å². The summed E-state index contributed by atoms with van der Waals surface area (Å²) in [5.74, 6) is 0.592. The third-order valence-corrected chi connectivity index (χ3v) is 7.21. The Hall–Kier alpha value is -2.18. The molecular formula is C26H35IN2O7. The maximum Gasteiger partial charge on any atom is 0.247 e. The molecule has 2 aliphatic rings. The fraction of sp³-hybridized carbons (Fsp3) is 0.577. The van der Waals surface area contributed by atoms with E-state index in [0.717, 1.165) is 19.3 Å². The predicted octanol–water partition coefficient (Wildman–Crippen LogP) is 2.31. The van der Waals surface area contributed by atoms with Crippen LogP contribution in [0.4, 0.5) is 0 Å². The highest BCUT2D eigenvalue weighted by molar-refractivity contribution is 14.1. The number of rotatable bonds is 12. The molecule has 3 N–H and O–H groups in total. The molecule has 198 valence electrons. The van der Waals surface area contributed by atoms with Crippen molar-refractivity contribution in [3.05, 3.63) is 32.9 Å². The van der Waals surface area contributed by atoms with Crippen LogP contribution in [0.15, 0.2) is 23.8 Å². The van der Waals surface area contributed by atoms with Gasteiger partial charge in [-0.05, 0) is 66.0 Å². The van der Waals surface area contributed by atoms with Gasteiger partial charge >= 0.3 is 0 Å². The molecule has 0 bridgehead atoms. The zero-order valence-corrected chi connectivity index (χ0v) is 23.1.